The number of imidazole rings is 2. The highest BCUT2D eigenvalue weighted by atomic mass is 16.5. The van der Waals surface area contributed by atoms with E-state index in [4.69, 9.17) is 18.9 Å². The second-order valence-electron chi connectivity index (χ2n) is 11.6. The molecule has 1 amide bonds. The lowest BCUT2D eigenvalue weighted by atomic mass is 10.2. The molecule has 1 aromatic carbocycles. The molecule has 3 aromatic heterocycles. The number of hydrogen-bond donors (Lipinski definition) is 1. The number of aromatic nitrogens is 4. The molecular formula is C34H46N6O4. The Balaban J connectivity index is 1.38. The van der Waals surface area contributed by atoms with Gasteiger partial charge in [0.1, 0.15) is 23.2 Å². The van der Waals surface area contributed by atoms with Crippen molar-refractivity contribution in [3.8, 4) is 22.9 Å². The van der Waals surface area contributed by atoms with Crippen molar-refractivity contribution in [1.82, 2.24) is 29.3 Å². The lowest BCUT2D eigenvalue weighted by molar-refractivity contribution is 0.0740. The molecule has 0 fully saturated rings. The monoisotopic (exact) mass is 602 g/mol. The van der Waals surface area contributed by atoms with Crippen LogP contribution in [0.2, 0.25) is 0 Å². The van der Waals surface area contributed by atoms with E-state index in [2.05, 4.69) is 26.4 Å². The summed E-state index contributed by atoms with van der Waals surface area (Å²) in [5.74, 6) is 4.72. The Labute approximate surface area is 260 Å². The van der Waals surface area contributed by atoms with Crippen molar-refractivity contribution in [1.29, 1.82) is 0 Å². The Morgan fingerprint density at radius 1 is 1.05 bits per heavy atom. The first-order chi connectivity index (χ1) is 21.4. The highest BCUT2D eigenvalue weighted by Crippen LogP contribution is 2.32. The number of amides is 1. The fourth-order valence-corrected chi connectivity index (χ4v) is 5.80. The molecule has 0 spiro atoms. The molecule has 4 heterocycles. The van der Waals surface area contributed by atoms with E-state index in [1.54, 1.807) is 7.11 Å². The summed E-state index contributed by atoms with van der Waals surface area (Å²) < 4.78 is 19.7. The highest BCUT2D eigenvalue weighted by Gasteiger charge is 2.21. The average molecular weight is 603 g/mol. The molecule has 0 radical (unpaired) electrons. The number of carbonyl (C=O) groups is 1. The van der Waals surface area contributed by atoms with Crippen LogP contribution in [0.1, 0.15) is 72.4 Å². The van der Waals surface area contributed by atoms with Crippen LogP contribution < -0.4 is 9.47 Å². The Kier molecular flexibility index (Phi) is 10.8. The number of carbonyl (C=O) groups excluding carboxylic acids is 1. The van der Waals surface area contributed by atoms with E-state index in [0.717, 1.165) is 86.9 Å². The van der Waals surface area contributed by atoms with Gasteiger partial charge in [-0.2, -0.15) is 0 Å². The Morgan fingerprint density at radius 3 is 2.68 bits per heavy atom. The molecule has 1 aliphatic rings. The van der Waals surface area contributed by atoms with E-state index < -0.39 is 0 Å². The van der Waals surface area contributed by atoms with Crippen LogP contribution in [0.15, 0.2) is 47.3 Å². The summed E-state index contributed by atoms with van der Waals surface area (Å²) in [7, 11) is 1.65. The quantitative estimate of drug-likeness (QED) is 0.275. The minimum Gasteiger partial charge on any atom is -0.493 e. The molecule has 0 saturated carbocycles. The first-order valence-corrected chi connectivity index (χ1v) is 15.9. The third kappa shape index (κ3) is 7.91. The van der Waals surface area contributed by atoms with E-state index >= 15 is 0 Å². The summed E-state index contributed by atoms with van der Waals surface area (Å²) in [6, 6.07) is 7.79. The number of aromatic amines is 1. The van der Waals surface area contributed by atoms with Gasteiger partial charge in [0.15, 0.2) is 11.5 Å². The average Bonchev–Trinajstić information content (AvgIpc) is 3.76. The maximum atomic E-state index is 13.6. The van der Waals surface area contributed by atoms with Crippen LogP contribution in [-0.2, 0) is 19.5 Å². The van der Waals surface area contributed by atoms with Crippen LogP contribution in [-0.4, -0.2) is 75.1 Å². The fourth-order valence-electron chi connectivity index (χ4n) is 5.80. The molecule has 44 heavy (non-hydrogen) atoms. The Bertz CT molecular complexity index is 1500. The van der Waals surface area contributed by atoms with Crippen molar-refractivity contribution in [3.63, 3.8) is 0 Å². The van der Waals surface area contributed by atoms with Gasteiger partial charge in [-0.05, 0) is 70.3 Å². The van der Waals surface area contributed by atoms with Crippen molar-refractivity contribution < 1.29 is 18.7 Å². The molecule has 4 aromatic rings. The van der Waals surface area contributed by atoms with Crippen molar-refractivity contribution in [3.05, 3.63) is 71.5 Å². The third-order valence-corrected chi connectivity index (χ3v) is 8.18. The molecule has 10 nitrogen and oxygen atoms in total. The molecule has 236 valence electrons. The van der Waals surface area contributed by atoms with Gasteiger partial charge in [0.2, 0.25) is 0 Å². The molecule has 2 bridgehead atoms. The van der Waals surface area contributed by atoms with Crippen molar-refractivity contribution >= 4 is 5.91 Å². The molecule has 0 unspecified atom stereocenters. The second-order valence-corrected chi connectivity index (χ2v) is 11.6. The maximum absolute atomic E-state index is 13.6. The van der Waals surface area contributed by atoms with E-state index in [1.807, 2.05) is 61.6 Å². The lowest BCUT2D eigenvalue weighted by Crippen LogP contribution is -2.34. The van der Waals surface area contributed by atoms with Crippen LogP contribution in [0.3, 0.4) is 0 Å². The number of methoxy groups -OCH3 is 1. The van der Waals surface area contributed by atoms with Crippen LogP contribution >= 0.6 is 0 Å². The topological polar surface area (TPSA) is 102 Å². The number of aryl methyl sites for hydroxylation is 3. The SMILES string of the molecule is CCCCc1ncc(CN2CCCCN(C(=O)c3cc(C)oc3C)CCCOc3cc(ccc3OC)-c3nccn3CC2)[nH]1. The number of H-pyrrole nitrogens is 1. The number of benzene rings is 1. The van der Waals surface area contributed by atoms with E-state index in [9.17, 15) is 4.79 Å². The van der Waals surface area contributed by atoms with Gasteiger partial charge < -0.3 is 28.3 Å². The number of fused-ring (bicyclic) bond motifs is 4. The molecule has 5 rings (SSSR count). The second kappa shape index (κ2) is 15.1. The number of hydrogen-bond acceptors (Lipinski definition) is 7. The fraction of sp³-hybridized carbons (Fsp3) is 0.500. The Morgan fingerprint density at radius 2 is 1.89 bits per heavy atom. The van der Waals surface area contributed by atoms with E-state index in [0.29, 0.717) is 48.9 Å². The molecule has 10 heteroatoms. The zero-order valence-corrected chi connectivity index (χ0v) is 26.6. The van der Waals surface area contributed by atoms with Crippen LogP contribution in [0.25, 0.3) is 11.4 Å². The third-order valence-electron chi connectivity index (χ3n) is 8.18. The van der Waals surface area contributed by atoms with E-state index in [1.165, 1.54) is 0 Å². The zero-order valence-electron chi connectivity index (χ0n) is 26.6. The number of nitrogens with one attached hydrogen (secondary N) is 1. The smallest absolute Gasteiger partial charge is 0.257 e. The molecule has 1 N–H and O–H groups in total. The zero-order chi connectivity index (χ0) is 30.9. The van der Waals surface area contributed by atoms with Gasteiger partial charge in [0.25, 0.3) is 5.91 Å². The maximum Gasteiger partial charge on any atom is 0.257 e. The number of ether oxygens (including phenoxy) is 2. The minimum absolute atomic E-state index is 0.0104. The predicted octanol–water partition coefficient (Wildman–Crippen LogP) is 6.04. The number of rotatable bonds is 7. The molecule has 1 aliphatic heterocycles. The van der Waals surface area contributed by atoms with Gasteiger partial charge in [0.05, 0.1) is 19.3 Å². The minimum atomic E-state index is 0.0104. The first-order valence-electron chi connectivity index (χ1n) is 15.9. The highest BCUT2D eigenvalue weighted by molar-refractivity contribution is 5.95. The van der Waals surface area contributed by atoms with Gasteiger partial charge in [0, 0.05) is 69.0 Å². The molecular weight excluding hydrogens is 556 g/mol. The van der Waals surface area contributed by atoms with Crippen LogP contribution in [0.5, 0.6) is 11.5 Å². The van der Waals surface area contributed by atoms with Gasteiger partial charge in [-0.3, -0.25) is 9.69 Å². The van der Waals surface area contributed by atoms with Crippen LogP contribution in [0, 0.1) is 13.8 Å². The number of nitrogens with zero attached hydrogens (tertiary/aromatic N) is 5. The largest absolute Gasteiger partial charge is 0.493 e. The molecule has 0 aliphatic carbocycles. The standard InChI is InChI=1S/C34H46N6O4/c1-5-6-10-32-36-23-28(37-32)24-38-14-7-8-15-40(34(41)29-21-25(2)44-26(29)3)16-9-20-43-31-22-27(11-12-30(31)42-4)33-35-13-17-39(33)19-18-38/h11-13,17,21-23H,5-10,14-16,18-20,24H2,1-4H3,(H,36,37). The van der Waals surface area contributed by atoms with Crippen molar-refractivity contribution in [2.45, 2.75) is 72.4 Å². The summed E-state index contributed by atoms with van der Waals surface area (Å²) in [4.78, 5) is 30.9. The number of unbranched alkanes of at least 4 members (excludes halogenated alkanes) is 1. The van der Waals surface area contributed by atoms with Crippen molar-refractivity contribution in [2.24, 2.45) is 0 Å². The van der Waals surface area contributed by atoms with Crippen LogP contribution in [0.4, 0.5) is 0 Å². The Hall–Kier alpha value is -4.05. The molecule has 0 saturated heterocycles. The van der Waals surface area contributed by atoms with E-state index in [-0.39, 0.29) is 5.91 Å². The number of furan rings is 1. The van der Waals surface area contributed by atoms with Gasteiger partial charge in [-0.1, -0.05) is 13.3 Å². The summed E-state index contributed by atoms with van der Waals surface area (Å²) in [6.45, 7) is 11.0. The normalized spacial score (nSPS) is 15.4. The first kappa shape index (κ1) is 31.4. The van der Waals surface area contributed by atoms with Gasteiger partial charge >= 0.3 is 0 Å². The summed E-state index contributed by atoms with van der Waals surface area (Å²) >= 11 is 0. The predicted molar refractivity (Wildman–Crippen MR) is 170 cm³/mol. The molecule has 0 atom stereocenters. The van der Waals surface area contributed by atoms with Gasteiger partial charge in [-0.15, -0.1) is 0 Å². The summed E-state index contributed by atoms with van der Waals surface area (Å²) in [6.07, 6.45) is 11.7. The lowest BCUT2D eigenvalue weighted by Gasteiger charge is -2.25. The van der Waals surface area contributed by atoms with Crippen molar-refractivity contribution in [2.75, 3.05) is 39.9 Å². The van der Waals surface area contributed by atoms with Gasteiger partial charge in [-0.25, -0.2) is 9.97 Å². The summed E-state index contributed by atoms with van der Waals surface area (Å²) in [5, 5.41) is 0. The summed E-state index contributed by atoms with van der Waals surface area (Å²) in [5.41, 5.74) is 2.74.